The fraction of sp³-hybridized carbons (Fsp3) is 0.273. The number of benzene rings is 2. The lowest BCUT2D eigenvalue weighted by atomic mass is 9.86. The van der Waals surface area contributed by atoms with Gasteiger partial charge in [-0.25, -0.2) is 5.48 Å². The van der Waals surface area contributed by atoms with Crippen LogP contribution >= 0.6 is 11.3 Å². The molecule has 2 amide bonds. The summed E-state index contributed by atoms with van der Waals surface area (Å²) in [6.07, 6.45) is 0.796. The number of carbonyl (C=O) groups excluding carboxylic acids is 2. The third kappa shape index (κ3) is 4.77. The molecule has 0 atom stereocenters. The van der Waals surface area contributed by atoms with E-state index < -0.39 is 5.91 Å². The zero-order chi connectivity index (χ0) is 20.3. The second-order valence-corrected chi connectivity index (χ2v) is 8.95. The van der Waals surface area contributed by atoms with Gasteiger partial charge >= 0.3 is 0 Å². The van der Waals surface area contributed by atoms with Gasteiger partial charge in [0.2, 0.25) is 5.91 Å². The highest BCUT2D eigenvalue weighted by Gasteiger charge is 2.16. The lowest BCUT2D eigenvalue weighted by molar-refractivity contribution is -0.129. The van der Waals surface area contributed by atoms with Crippen LogP contribution in [0.3, 0.4) is 0 Å². The second-order valence-electron chi connectivity index (χ2n) is 7.79. The van der Waals surface area contributed by atoms with E-state index in [4.69, 9.17) is 5.21 Å². The molecule has 0 unspecified atom stereocenters. The summed E-state index contributed by atoms with van der Waals surface area (Å²) in [5.74, 6) is -0.539. The van der Waals surface area contributed by atoms with Gasteiger partial charge in [0.15, 0.2) is 0 Å². The average molecular weight is 397 g/mol. The summed E-state index contributed by atoms with van der Waals surface area (Å²) in [4.78, 5) is 24.9. The summed E-state index contributed by atoms with van der Waals surface area (Å²) in [5, 5.41) is 12.6. The van der Waals surface area contributed by atoms with Crippen molar-refractivity contribution < 1.29 is 14.8 Å². The van der Waals surface area contributed by atoms with Crippen LogP contribution in [-0.2, 0) is 16.6 Å². The molecule has 3 aromatic rings. The van der Waals surface area contributed by atoms with Crippen molar-refractivity contribution in [3.05, 3.63) is 64.5 Å². The van der Waals surface area contributed by atoms with Crippen LogP contribution in [0.25, 0.3) is 10.1 Å². The molecule has 0 aliphatic carbocycles. The van der Waals surface area contributed by atoms with Gasteiger partial charge in [0.1, 0.15) is 0 Å². The summed E-state index contributed by atoms with van der Waals surface area (Å²) in [6.45, 7) is 6.36. The first-order chi connectivity index (χ1) is 13.3. The molecule has 2 aromatic carbocycles. The molecule has 0 bridgehead atoms. The van der Waals surface area contributed by atoms with Gasteiger partial charge in [0.25, 0.3) is 5.91 Å². The van der Waals surface area contributed by atoms with Crippen LogP contribution in [0.4, 0.5) is 5.69 Å². The number of thiophene rings is 1. The van der Waals surface area contributed by atoms with E-state index in [0.717, 1.165) is 26.2 Å². The Morgan fingerprint density at radius 1 is 1.07 bits per heavy atom. The Kier molecular flexibility index (Phi) is 5.82. The average Bonchev–Trinajstić information content (AvgIpc) is 3.07. The van der Waals surface area contributed by atoms with Gasteiger partial charge in [-0.15, -0.1) is 11.3 Å². The first-order valence-electron chi connectivity index (χ1n) is 9.13. The van der Waals surface area contributed by atoms with Crippen molar-refractivity contribution in [2.75, 3.05) is 5.32 Å². The Bertz CT molecular complexity index is 1020. The highest BCUT2D eigenvalue weighted by molar-refractivity contribution is 7.19. The molecular weight excluding hydrogens is 372 g/mol. The molecule has 0 aliphatic rings. The maximum absolute atomic E-state index is 12.7. The van der Waals surface area contributed by atoms with Gasteiger partial charge in [-0.1, -0.05) is 32.9 Å². The summed E-state index contributed by atoms with van der Waals surface area (Å²) in [5.41, 5.74) is 4.11. The van der Waals surface area contributed by atoms with Crippen molar-refractivity contribution in [1.29, 1.82) is 0 Å². The maximum atomic E-state index is 12.7. The molecule has 6 heteroatoms. The molecule has 3 rings (SSSR count). The van der Waals surface area contributed by atoms with Gasteiger partial charge in [0.05, 0.1) is 0 Å². The molecule has 0 saturated heterocycles. The summed E-state index contributed by atoms with van der Waals surface area (Å²) >= 11 is 1.60. The highest BCUT2D eigenvalue weighted by Crippen LogP contribution is 2.29. The zero-order valence-corrected chi connectivity index (χ0v) is 17.0. The minimum absolute atomic E-state index is 0.0186. The van der Waals surface area contributed by atoms with Crippen LogP contribution in [0, 0.1) is 0 Å². The molecule has 0 aliphatic heterocycles. The number of hydrogen-bond donors (Lipinski definition) is 3. The van der Waals surface area contributed by atoms with E-state index in [9.17, 15) is 9.59 Å². The molecule has 1 heterocycles. The summed E-state index contributed by atoms with van der Waals surface area (Å²) in [7, 11) is 0. The normalized spacial score (nSPS) is 11.4. The first kappa shape index (κ1) is 20.0. The fourth-order valence-electron chi connectivity index (χ4n) is 2.92. The Balaban J connectivity index is 1.75. The number of carbonyl (C=O) groups is 2. The predicted molar refractivity (Wildman–Crippen MR) is 113 cm³/mol. The Morgan fingerprint density at radius 2 is 1.86 bits per heavy atom. The van der Waals surface area contributed by atoms with Crippen molar-refractivity contribution in [2.24, 2.45) is 0 Å². The van der Waals surface area contributed by atoms with E-state index in [-0.39, 0.29) is 17.7 Å². The van der Waals surface area contributed by atoms with E-state index in [1.807, 2.05) is 48.5 Å². The molecule has 1 aromatic heterocycles. The van der Waals surface area contributed by atoms with Gasteiger partial charge in [0, 0.05) is 27.2 Å². The molecule has 0 saturated carbocycles. The topological polar surface area (TPSA) is 78.4 Å². The second kappa shape index (κ2) is 8.12. The predicted octanol–water partition coefficient (Wildman–Crippen LogP) is 4.89. The Morgan fingerprint density at radius 3 is 2.57 bits per heavy atom. The lowest BCUT2D eigenvalue weighted by Crippen LogP contribution is -2.18. The van der Waals surface area contributed by atoms with E-state index in [2.05, 4.69) is 26.1 Å². The molecule has 0 fully saturated rings. The van der Waals surface area contributed by atoms with Crippen molar-refractivity contribution in [2.45, 2.75) is 39.0 Å². The van der Waals surface area contributed by atoms with Crippen LogP contribution in [0.15, 0.2) is 48.5 Å². The Hall–Kier alpha value is -2.70. The number of amides is 2. The van der Waals surface area contributed by atoms with Gasteiger partial charge in [-0.05, 0) is 59.2 Å². The van der Waals surface area contributed by atoms with Crippen molar-refractivity contribution in [1.82, 2.24) is 5.48 Å². The first-order valence-corrected chi connectivity index (χ1v) is 9.95. The van der Waals surface area contributed by atoms with E-state index in [1.54, 1.807) is 16.8 Å². The smallest absolute Gasteiger partial charge is 0.255 e. The number of anilines is 1. The zero-order valence-electron chi connectivity index (χ0n) is 16.2. The quantitative estimate of drug-likeness (QED) is 0.424. The monoisotopic (exact) mass is 396 g/mol. The lowest BCUT2D eigenvalue weighted by Gasteiger charge is -2.19. The van der Waals surface area contributed by atoms with Gasteiger partial charge in [-0.2, -0.15) is 0 Å². The molecule has 28 heavy (non-hydrogen) atoms. The number of nitrogens with one attached hydrogen (secondary N) is 2. The van der Waals surface area contributed by atoms with Crippen LogP contribution in [0.1, 0.15) is 48.0 Å². The van der Waals surface area contributed by atoms with E-state index in [0.29, 0.717) is 12.0 Å². The van der Waals surface area contributed by atoms with Crippen molar-refractivity contribution >= 4 is 38.9 Å². The standard InChI is InChI=1S/C22H24N2O3S/c1-22(2,3)16-6-4-5-14(11-16)21(26)23-17-7-9-19-15(12-17)13-18(28-19)8-10-20(25)24-27/h4-7,9,11-13,27H,8,10H2,1-3H3,(H,23,26)(H,24,25). The molecule has 0 spiro atoms. The third-order valence-electron chi connectivity index (χ3n) is 4.54. The van der Waals surface area contributed by atoms with Crippen molar-refractivity contribution in [3.63, 3.8) is 0 Å². The Labute approximate surface area is 168 Å². The largest absolute Gasteiger partial charge is 0.322 e. The molecular formula is C22H24N2O3S. The van der Waals surface area contributed by atoms with Crippen LogP contribution in [0.2, 0.25) is 0 Å². The minimum atomic E-state index is -0.400. The highest BCUT2D eigenvalue weighted by atomic mass is 32.1. The van der Waals surface area contributed by atoms with Crippen LogP contribution < -0.4 is 10.8 Å². The number of hydrogen-bond acceptors (Lipinski definition) is 4. The fourth-order valence-corrected chi connectivity index (χ4v) is 3.97. The molecule has 3 N–H and O–H groups in total. The van der Waals surface area contributed by atoms with Crippen molar-refractivity contribution in [3.8, 4) is 0 Å². The maximum Gasteiger partial charge on any atom is 0.255 e. The minimum Gasteiger partial charge on any atom is -0.322 e. The van der Waals surface area contributed by atoms with E-state index in [1.165, 1.54) is 0 Å². The van der Waals surface area contributed by atoms with Gasteiger partial charge < -0.3 is 5.32 Å². The summed E-state index contributed by atoms with van der Waals surface area (Å²) in [6, 6.07) is 15.5. The third-order valence-corrected chi connectivity index (χ3v) is 5.72. The number of fused-ring (bicyclic) bond motifs is 1. The number of aryl methyl sites for hydroxylation is 1. The number of hydroxylamine groups is 1. The van der Waals surface area contributed by atoms with Gasteiger partial charge in [-0.3, -0.25) is 14.8 Å². The molecule has 5 nitrogen and oxygen atoms in total. The van der Waals surface area contributed by atoms with E-state index >= 15 is 0 Å². The molecule has 0 radical (unpaired) electrons. The van der Waals surface area contributed by atoms with Crippen LogP contribution in [0.5, 0.6) is 0 Å². The number of rotatable bonds is 5. The summed E-state index contributed by atoms with van der Waals surface area (Å²) < 4.78 is 1.09. The molecule has 146 valence electrons. The SMILES string of the molecule is CC(C)(C)c1cccc(C(=O)Nc2ccc3sc(CCC(=O)NO)cc3c2)c1. The van der Waals surface area contributed by atoms with Crippen LogP contribution in [-0.4, -0.2) is 17.0 Å².